The number of nitriles is 1. The Morgan fingerprint density at radius 1 is 1.13 bits per heavy atom. The molecular weight excluding hydrogens is 396 g/mol. The van der Waals surface area contributed by atoms with E-state index in [-0.39, 0.29) is 17.5 Å². The largest absolute Gasteiger partial charge is 0.345 e. The van der Waals surface area contributed by atoms with E-state index in [2.05, 4.69) is 10.3 Å². The third kappa shape index (κ3) is 4.99. The highest BCUT2D eigenvalue weighted by molar-refractivity contribution is 7.14. The number of thiazole rings is 1. The van der Waals surface area contributed by atoms with Crippen molar-refractivity contribution >= 4 is 40.0 Å². The fraction of sp³-hybridized carbons (Fsp3) is 0.130. The molecule has 0 unspecified atom stereocenters. The molecule has 0 aliphatic carbocycles. The van der Waals surface area contributed by atoms with E-state index in [1.807, 2.05) is 73.7 Å². The number of anilines is 2. The minimum atomic E-state index is -0.477. The molecule has 0 saturated carbocycles. The van der Waals surface area contributed by atoms with E-state index in [0.29, 0.717) is 16.5 Å². The smallest absolute Gasteiger partial charge is 0.262 e. The molecule has 30 heavy (non-hydrogen) atoms. The molecule has 2 amide bonds. The van der Waals surface area contributed by atoms with E-state index in [1.165, 1.54) is 29.2 Å². The first-order chi connectivity index (χ1) is 14.5. The highest BCUT2D eigenvalue weighted by Crippen LogP contribution is 2.29. The van der Waals surface area contributed by atoms with E-state index < -0.39 is 5.91 Å². The summed E-state index contributed by atoms with van der Waals surface area (Å²) in [5.74, 6) is -0.657. The maximum absolute atomic E-state index is 12.5. The second kappa shape index (κ2) is 9.63. The monoisotopic (exact) mass is 416 g/mol. The molecule has 3 rings (SSSR count). The molecule has 0 fully saturated rings. The number of hydrogen-bond donors (Lipinski definition) is 1. The summed E-state index contributed by atoms with van der Waals surface area (Å²) in [5.41, 5.74) is 2.03. The SMILES string of the molecule is CC(=O)N(c1ccccc1)c1nc(/C=C(\C#N)C(=O)N[C@@H](C)c2ccccc2)cs1. The number of hydrogen-bond acceptors (Lipinski definition) is 5. The van der Waals surface area contributed by atoms with Crippen molar-refractivity contribution in [2.24, 2.45) is 0 Å². The molecule has 1 N–H and O–H groups in total. The van der Waals surface area contributed by atoms with Gasteiger partial charge in [0.25, 0.3) is 5.91 Å². The molecule has 0 bridgehead atoms. The van der Waals surface area contributed by atoms with Crippen LogP contribution in [0.4, 0.5) is 10.8 Å². The fourth-order valence-electron chi connectivity index (χ4n) is 2.85. The Morgan fingerprint density at radius 2 is 1.77 bits per heavy atom. The summed E-state index contributed by atoms with van der Waals surface area (Å²) in [6.07, 6.45) is 1.43. The van der Waals surface area contributed by atoms with Crippen molar-refractivity contribution in [1.82, 2.24) is 10.3 Å². The number of amides is 2. The minimum absolute atomic E-state index is 0.0521. The molecule has 1 aromatic heterocycles. The normalized spacial score (nSPS) is 12.0. The van der Waals surface area contributed by atoms with Crippen LogP contribution >= 0.6 is 11.3 Å². The van der Waals surface area contributed by atoms with E-state index in [0.717, 1.165) is 5.56 Å². The third-order valence-corrected chi connectivity index (χ3v) is 5.18. The van der Waals surface area contributed by atoms with Crippen LogP contribution in [0.2, 0.25) is 0 Å². The number of nitrogens with one attached hydrogen (secondary N) is 1. The van der Waals surface area contributed by atoms with Crippen molar-refractivity contribution in [1.29, 1.82) is 5.26 Å². The van der Waals surface area contributed by atoms with Gasteiger partial charge in [-0.1, -0.05) is 48.5 Å². The average molecular weight is 417 g/mol. The van der Waals surface area contributed by atoms with Gasteiger partial charge in [-0.05, 0) is 30.7 Å². The van der Waals surface area contributed by atoms with Crippen LogP contribution in [-0.4, -0.2) is 16.8 Å². The van der Waals surface area contributed by atoms with Gasteiger partial charge < -0.3 is 5.32 Å². The summed E-state index contributed by atoms with van der Waals surface area (Å²) in [5, 5.41) is 14.5. The summed E-state index contributed by atoms with van der Waals surface area (Å²) >= 11 is 1.26. The molecular formula is C23H20N4O2S. The predicted molar refractivity (Wildman–Crippen MR) is 118 cm³/mol. The van der Waals surface area contributed by atoms with E-state index in [1.54, 1.807) is 5.38 Å². The Morgan fingerprint density at radius 3 is 2.37 bits per heavy atom. The van der Waals surface area contributed by atoms with Crippen molar-refractivity contribution < 1.29 is 9.59 Å². The zero-order valence-electron chi connectivity index (χ0n) is 16.6. The van der Waals surface area contributed by atoms with E-state index >= 15 is 0 Å². The van der Waals surface area contributed by atoms with E-state index in [4.69, 9.17) is 0 Å². The van der Waals surface area contributed by atoms with Crippen LogP contribution in [0.5, 0.6) is 0 Å². The van der Waals surface area contributed by atoms with Crippen molar-refractivity contribution in [3.63, 3.8) is 0 Å². The minimum Gasteiger partial charge on any atom is -0.345 e. The zero-order valence-corrected chi connectivity index (χ0v) is 17.4. The average Bonchev–Trinajstić information content (AvgIpc) is 3.21. The van der Waals surface area contributed by atoms with Crippen LogP contribution in [-0.2, 0) is 9.59 Å². The predicted octanol–water partition coefficient (Wildman–Crippen LogP) is 4.61. The molecule has 0 aliphatic heterocycles. The Balaban J connectivity index is 1.80. The first-order valence-electron chi connectivity index (χ1n) is 9.28. The number of para-hydroxylation sites is 1. The topological polar surface area (TPSA) is 86.1 Å². The lowest BCUT2D eigenvalue weighted by Gasteiger charge is -2.17. The molecule has 0 radical (unpaired) electrons. The summed E-state index contributed by atoms with van der Waals surface area (Å²) in [6.45, 7) is 3.32. The van der Waals surface area contributed by atoms with Crippen LogP contribution in [0.1, 0.15) is 31.1 Å². The quantitative estimate of drug-likeness (QED) is 0.470. The van der Waals surface area contributed by atoms with Crippen molar-refractivity contribution in [3.8, 4) is 6.07 Å². The number of carbonyl (C=O) groups excluding carboxylic acids is 2. The van der Waals surface area contributed by atoms with Gasteiger partial charge >= 0.3 is 0 Å². The van der Waals surface area contributed by atoms with Crippen LogP contribution < -0.4 is 10.2 Å². The van der Waals surface area contributed by atoms with Crippen molar-refractivity contribution in [3.05, 3.63) is 82.9 Å². The van der Waals surface area contributed by atoms with Gasteiger partial charge in [-0.25, -0.2) is 4.98 Å². The maximum atomic E-state index is 12.5. The molecule has 1 atom stereocenters. The van der Waals surface area contributed by atoms with Crippen molar-refractivity contribution in [2.45, 2.75) is 19.9 Å². The van der Waals surface area contributed by atoms with Gasteiger partial charge in [0.15, 0.2) is 5.13 Å². The molecule has 3 aromatic rings. The molecule has 0 aliphatic rings. The summed E-state index contributed by atoms with van der Waals surface area (Å²) in [7, 11) is 0. The lowest BCUT2D eigenvalue weighted by Crippen LogP contribution is -2.27. The summed E-state index contributed by atoms with van der Waals surface area (Å²) in [4.78, 5) is 30.6. The molecule has 0 spiro atoms. The molecule has 7 heteroatoms. The molecule has 2 aromatic carbocycles. The van der Waals surface area contributed by atoms with Gasteiger partial charge in [-0.3, -0.25) is 14.5 Å². The lowest BCUT2D eigenvalue weighted by atomic mass is 10.1. The fourth-order valence-corrected chi connectivity index (χ4v) is 3.69. The highest BCUT2D eigenvalue weighted by Gasteiger charge is 2.18. The molecule has 1 heterocycles. The van der Waals surface area contributed by atoms with Gasteiger partial charge in [0.2, 0.25) is 5.91 Å². The molecule has 150 valence electrons. The Bertz CT molecular complexity index is 1100. The number of nitrogens with zero attached hydrogens (tertiary/aromatic N) is 3. The standard InChI is InChI=1S/C23H20N4O2S/c1-16(18-9-5-3-6-10-18)25-22(29)19(14-24)13-20-15-30-23(26-20)27(17(2)28)21-11-7-4-8-12-21/h3-13,15-16H,1-2H3,(H,25,29)/b19-13+/t16-/m0/s1. The van der Waals surface area contributed by atoms with E-state index in [9.17, 15) is 14.9 Å². The zero-order chi connectivity index (χ0) is 21.5. The van der Waals surface area contributed by atoms with Crippen LogP contribution in [0.15, 0.2) is 71.6 Å². The number of rotatable bonds is 6. The van der Waals surface area contributed by atoms with Crippen molar-refractivity contribution in [2.75, 3.05) is 4.90 Å². The first kappa shape index (κ1) is 21.0. The maximum Gasteiger partial charge on any atom is 0.262 e. The Kier molecular flexibility index (Phi) is 6.73. The highest BCUT2D eigenvalue weighted by atomic mass is 32.1. The first-order valence-corrected chi connectivity index (χ1v) is 10.2. The summed E-state index contributed by atoms with van der Waals surface area (Å²) < 4.78 is 0. The Labute approximate surface area is 179 Å². The van der Waals surface area contributed by atoms with Crippen LogP contribution in [0.3, 0.4) is 0 Å². The number of aromatic nitrogens is 1. The molecule has 6 nitrogen and oxygen atoms in total. The number of carbonyl (C=O) groups is 2. The summed E-state index contributed by atoms with van der Waals surface area (Å²) in [6, 6.07) is 20.4. The van der Waals surface area contributed by atoms with Gasteiger partial charge in [0, 0.05) is 12.3 Å². The van der Waals surface area contributed by atoms with Crippen LogP contribution in [0, 0.1) is 11.3 Å². The van der Waals surface area contributed by atoms with Crippen LogP contribution in [0.25, 0.3) is 6.08 Å². The third-order valence-electron chi connectivity index (χ3n) is 4.33. The Hall–Kier alpha value is -3.76. The van der Waals surface area contributed by atoms with Gasteiger partial charge in [0.1, 0.15) is 11.6 Å². The second-order valence-corrected chi connectivity index (χ2v) is 7.36. The van der Waals surface area contributed by atoms with Gasteiger partial charge in [0.05, 0.1) is 17.4 Å². The molecule has 0 saturated heterocycles. The lowest BCUT2D eigenvalue weighted by molar-refractivity contribution is -0.118. The van der Waals surface area contributed by atoms with Gasteiger partial charge in [-0.2, -0.15) is 5.26 Å². The van der Waals surface area contributed by atoms with Gasteiger partial charge in [-0.15, -0.1) is 11.3 Å². The second-order valence-electron chi connectivity index (χ2n) is 6.52. The number of benzene rings is 2.